The highest BCUT2D eigenvalue weighted by Gasteiger charge is 2.06. The van der Waals surface area contributed by atoms with Crippen molar-refractivity contribution < 1.29 is 4.74 Å². The van der Waals surface area contributed by atoms with Crippen molar-refractivity contribution in [3.63, 3.8) is 0 Å². The predicted molar refractivity (Wildman–Crippen MR) is 52.9 cm³/mol. The quantitative estimate of drug-likeness (QED) is 0.710. The largest absolute Gasteiger partial charge is 0.479 e. The summed E-state index contributed by atoms with van der Waals surface area (Å²) in [7, 11) is 1.55. The van der Waals surface area contributed by atoms with E-state index in [4.69, 9.17) is 16.3 Å². The first-order valence-electron chi connectivity index (χ1n) is 4.02. The maximum atomic E-state index is 5.74. The smallest absolute Gasteiger partial charge is 0.241 e. The highest BCUT2D eigenvalue weighted by Crippen LogP contribution is 2.21. The van der Waals surface area contributed by atoms with Crippen molar-refractivity contribution in [1.29, 1.82) is 0 Å². The van der Waals surface area contributed by atoms with Crippen molar-refractivity contribution in [1.82, 2.24) is 14.8 Å². The van der Waals surface area contributed by atoms with Gasteiger partial charge in [0.2, 0.25) is 5.88 Å². The van der Waals surface area contributed by atoms with E-state index in [1.807, 2.05) is 12.3 Å². The molecule has 0 aromatic carbocycles. The number of ether oxygens (including phenoxy) is 1. The van der Waals surface area contributed by atoms with Crippen molar-refractivity contribution in [2.45, 2.75) is 0 Å². The molecule has 2 aromatic rings. The first-order valence-corrected chi connectivity index (χ1v) is 4.39. The SMILES string of the molecule is COc1nc(Cl)ccc1-n1cccn1. The van der Waals surface area contributed by atoms with Crippen molar-refractivity contribution in [2.75, 3.05) is 7.11 Å². The van der Waals surface area contributed by atoms with E-state index < -0.39 is 0 Å². The van der Waals surface area contributed by atoms with Crippen LogP contribution in [0.15, 0.2) is 30.6 Å². The molecule has 0 amide bonds. The van der Waals surface area contributed by atoms with Crippen LogP contribution in [-0.2, 0) is 0 Å². The van der Waals surface area contributed by atoms with E-state index in [0.717, 1.165) is 5.69 Å². The van der Waals surface area contributed by atoms with Crippen LogP contribution in [0.4, 0.5) is 0 Å². The Hall–Kier alpha value is -1.55. The summed E-state index contributed by atoms with van der Waals surface area (Å²) in [5.74, 6) is 0.459. The lowest BCUT2D eigenvalue weighted by atomic mass is 10.4. The summed E-state index contributed by atoms with van der Waals surface area (Å²) in [5, 5.41) is 4.48. The molecule has 0 N–H and O–H groups in total. The molecule has 14 heavy (non-hydrogen) atoms. The summed E-state index contributed by atoms with van der Waals surface area (Å²) in [6.07, 6.45) is 3.50. The van der Waals surface area contributed by atoms with Crippen LogP contribution >= 0.6 is 11.6 Å². The Bertz CT molecular complexity index is 428. The molecular formula is C9H8ClN3O. The van der Waals surface area contributed by atoms with Crippen LogP contribution in [0.25, 0.3) is 5.69 Å². The number of hydrogen-bond acceptors (Lipinski definition) is 3. The Balaban J connectivity index is 2.53. The van der Waals surface area contributed by atoms with Crippen LogP contribution in [0.3, 0.4) is 0 Å². The topological polar surface area (TPSA) is 39.9 Å². The second kappa shape index (κ2) is 3.67. The highest BCUT2D eigenvalue weighted by atomic mass is 35.5. The van der Waals surface area contributed by atoms with E-state index in [9.17, 15) is 0 Å². The minimum Gasteiger partial charge on any atom is -0.479 e. The van der Waals surface area contributed by atoms with Gasteiger partial charge >= 0.3 is 0 Å². The van der Waals surface area contributed by atoms with Gasteiger partial charge in [-0.1, -0.05) is 11.6 Å². The molecule has 0 radical (unpaired) electrons. The molecule has 0 fully saturated rings. The summed E-state index contributed by atoms with van der Waals surface area (Å²) >= 11 is 5.74. The lowest BCUT2D eigenvalue weighted by Gasteiger charge is -2.06. The van der Waals surface area contributed by atoms with E-state index in [1.54, 1.807) is 30.1 Å². The average molecular weight is 210 g/mol. The molecule has 0 saturated heterocycles. The van der Waals surface area contributed by atoms with Crippen LogP contribution in [-0.4, -0.2) is 21.9 Å². The van der Waals surface area contributed by atoms with Crippen LogP contribution in [0, 0.1) is 0 Å². The van der Waals surface area contributed by atoms with Crippen LogP contribution in [0.1, 0.15) is 0 Å². The van der Waals surface area contributed by atoms with Gasteiger partial charge in [-0.2, -0.15) is 10.1 Å². The molecule has 0 atom stereocenters. The Morgan fingerprint density at radius 3 is 2.93 bits per heavy atom. The van der Waals surface area contributed by atoms with Crippen molar-refractivity contribution in [3.8, 4) is 11.6 Å². The van der Waals surface area contributed by atoms with E-state index in [0.29, 0.717) is 11.0 Å². The molecule has 2 rings (SSSR count). The van der Waals surface area contributed by atoms with E-state index in [-0.39, 0.29) is 0 Å². The maximum absolute atomic E-state index is 5.74. The second-order valence-electron chi connectivity index (χ2n) is 2.61. The predicted octanol–water partition coefficient (Wildman–Crippen LogP) is 1.93. The molecule has 2 aromatic heterocycles. The normalized spacial score (nSPS) is 10.1. The van der Waals surface area contributed by atoms with Gasteiger partial charge in [-0.25, -0.2) is 4.68 Å². The average Bonchev–Trinajstić information content (AvgIpc) is 2.70. The Labute approximate surface area is 86.1 Å². The lowest BCUT2D eigenvalue weighted by Crippen LogP contribution is -2.00. The number of methoxy groups -OCH3 is 1. The Morgan fingerprint density at radius 1 is 1.43 bits per heavy atom. The maximum Gasteiger partial charge on any atom is 0.241 e. The summed E-state index contributed by atoms with van der Waals surface area (Å²) in [6, 6.07) is 5.33. The number of rotatable bonds is 2. The molecule has 5 heteroatoms. The first kappa shape index (κ1) is 9.02. The molecule has 0 spiro atoms. The number of pyridine rings is 1. The zero-order valence-electron chi connectivity index (χ0n) is 7.51. The number of nitrogens with zero attached hydrogens (tertiary/aromatic N) is 3. The number of halogens is 1. The van der Waals surface area contributed by atoms with Gasteiger partial charge in [0.15, 0.2) is 0 Å². The molecular weight excluding hydrogens is 202 g/mol. The summed E-state index contributed by atoms with van der Waals surface area (Å²) in [4.78, 5) is 4.03. The fourth-order valence-corrected chi connectivity index (χ4v) is 1.29. The van der Waals surface area contributed by atoms with Gasteiger partial charge in [-0.15, -0.1) is 0 Å². The van der Waals surface area contributed by atoms with Gasteiger partial charge in [0, 0.05) is 12.4 Å². The summed E-state index contributed by atoms with van der Waals surface area (Å²) in [6.45, 7) is 0. The third-order valence-electron chi connectivity index (χ3n) is 1.75. The summed E-state index contributed by atoms with van der Waals surface area (Å²) in [5.41, 5.74) is 0.766. The number of hydrogen-bond donors (Lipinski definition) is 0. The summed E-state index contributed by atoms with van der Waals surface area (Å²) < 4.78 is 6.76. The zero-order chi connectivity index (χ0) is 9.97. The molecule has 0 aliphatic heterocycles. The van der Waals surface area contributed by atoms with Gasteiger partial charge in [0.1, 0.15) is 10.8 Å². The van der Waals surface area contributed by atoms with Gasteiger partial charge in [0.25, 0.3) is 0 Å². The minimum absolute atomic E-state index is 0.401. The van der Waals surface area contributed by atoms with Gasteiger partial charge in [-0.3, -0.25) is 0 Å². The standard InChI is InChI=1S/C9H8ClN3O/c1-14-9-7(3-4-8(10)12-9)13-6-2-5-11-13/h2-6H,1H3. The van der Waals surface area contributed by atoms with Gasteiger partial charge < -0.3 is 4.74 Å². The van der Waals surface area contributed by atoms with Crippen molar-refractivity contribution in [3.05, 3.63) is 35.7 Å². The molecule has 0 aliphatic rings. The molecule has 72 valence electrons. The van der Waals surface area contributed by atoms with E-state index in [2.05, 4.69) is 10.1 Å². The lowest BCUT2D eigenvalue weighted by molar-refractivity contribution is 0.395. The van der Waals surface area contributed by atoms with E-state index in [1.165, 1.54) is 0 Å². The second-order valence-corrected chi connectivity index (χ2v) is 3.00. The van der Waals surface area contributed by atoms with Crippen LogP contribution < -0.4 is 4.74 Å². The van der Waals surface area contributed by atoms with E-state index >= 15 is 0 Å². The number of aromatic nitrogens is 3. The third-order valence-corrected chi connectivity index (χ3v) is 1.96. The van der Waals surface area contributed by atoms with Crippen LogP contribution in [0.2, 0.25) is 5.15 Å². The van der Waals surface area contributed by atoms with Crippen LogP contribution in [0.5, 0.6) is 5.88 Å². The van der Waals surface area contributed by atoms with Gasteiger partial charge in [-0.05, 0) is 18.2 Å². The third kappa shape index (κ3) is 1.56. The molecule has 0 aliphatic carbocycles. The fourth-order valence-electron chi connectivity index (χ4n) is 1.15. The highest BCUT2D eigenvalue weighted by molar-refractivity contribution is 6.29. The first-order chi connectivity index (χ1) is 6.81. The van der Waals surface area contributed by atoms with Crippen molar-refractivity contribution in [2.24, 2.45) is 0 Å². The molecule has 0 unspecified atom stereocenters. The molecule has 0 bridgehead atoms. The Morgan fingerprint density at radius 2 is 2.29 bits per heavy atom. The van der Waals surface area contributed by atoms with Crippen molar-refractivity contribution >= 4 is 11.6 Å². The Kier molecular flexibility index (Phi) is 2.37. The molecule has 4 nitrogen and oxygen atoms in total. The zero-order valence-corrected chi connectivity index (χ0v) is 8.27. The monoisotopic (exact) mass is 209 g/mol. The fraction of sp³-hybridized carbons (Fsp3) is 0.111. The minimum atomic E-state index is 0.401. The van der Waals surface area contributed by atoms with Gasteiger partial charge in [0.05, 0.1) is 7.11 Å². The molecule has 0 saturated carbocycles. The molecule has 2 heterocycles.